The third kappa shape index (κ3) is 2.19. The molecule has 0 aliphatic heterocycles. The van der Waals surface area contributed by atoms with Gasteiger partial charge in [0.15, 0.2) is 0 Å². The van der Waals surface area contributed by atoms with Gasteiger partial charge in [0.1, 0.15) is 0 Å². The zero-order valence-corrected chi connectivity index (χ0v) is 11.4. The van der Waals surface area contributed by atoms with E-state index in [1.165, 1.54) is 12.0 Å². The molecular weight excluding hydrogens is 264 g/mol. The lowest BCUT2D eigenvalue weighted by molar-refractivity contribution is 0.495. The van der Waals surface area contributed by atoms with Crippen LogP contribution in [0.3, 0.4) is 0 Å². The molecular formula is C14H15ClN2S. The minimum atomic E-state index is 0.169. The molecule has 2 aromatic rings. The summed E-state index contributed by atoms with van der Waals surface area (Å²) in [4.78, 5) is 1.16. The smallest absolute Gasteiger partial charge is 0.0602 e. The van der Waals surface area contributed by atoms with E-state index >= 15 is 0 Å². The predicted octanol–water partition coefficient (Wildman–Crippen LogP) is 3.71. The van der Waals surface area contributed by atoms with Crippen LogP contribution >= 0.6 is 22.9 Å². The van der Waals surface area contributed by atoms with Crippen LogP contribution < -0.4 is 11.3 Å². The van der Waals surface area contributed by atoms with E-state index in [1.54, 1.807) is 11.3 Å². The van der Waals surface area contributed by atoms with Crippen LogP contribution in [0.15, 0.2) is 41.8 Å². The molecule has 4 heteroatoms. The van der Waals surface area contributed by atoms with Crippen LogP contribution in [-0.2, 0) is 0 Å². The Labute approximate surface area is 116 Å². The van der Waals surface area contributed by atoms with Crippen molar-refractivity contribution in [3.8, 4) is 0 Å². The number of rotatable bonds is 4. The van der Waals surface area contributed by atoms with Crippen molar-refractivity contribution in [2.45, 2.75) is 18.4 Å². The summed E-state index contributed by atoms with van der Waals surface area (Å²) in [5.41, 5.74) is 4.33. The Balaban J connectivity index is 1.79. The van der Waals surface area contributed by atoms with E-state index in [4.69, 9.17) is 17.4 Å². The molecule has 1 heterocycles. The average Bonchev–Trinajstić information content (AvgIpc) is 3.08. The Hall–Kier alpha value is -0.870. The van der Waals surface area contributed by atoms with Crippen LogP contribution in [0.4, 0.5) is 0 Å². The predicted molar refractivity (Wildman–Crippen MR) is 76.7 cm³/mol. The molecule has 1 aromatic carbocycles. The number of nitrogens with two attached hydrogens (primary N) is 1. The summed E-state index contributed by atoms with van der Waals surface area (Å²) in [7, 11) is 0. The molecule has 1 aromatic heterocycles. The van der Waals surface area contributed by atoms with E-state index in [0.717, 1.165) is 9.90 Å². The van der Waals surface area contributed by atoms with Crippen molar-refractivity contribution >= 4 is 22.9 Å². The van der Waals surface area contributed by atoms with Gasteiger partial charge < -0.3 is 0 Å². The lowest BCUT2D eigenvalue weighted by atomic mass is 10.0. The van der Waals surface area contributed by atoms with Crippen molar-refractivity contribution in [3.63, 3.8) is 0 Å². The number of benzene rings is 1. The first-order valence-electron chi connectivity index (χ1n) is 6.05. The number of hydrogen-bond acceptors (Lipinski definition) is 3. The van der Waals surface area contributed by atoms with Crippen molar-refractivity contribution in [2.75, 3.05) is 0 Å². The van der Waals surface area contributed by atoms with Crippen LogP contribution in [0.2, 0.25) is 5.02 Å². The van der Waals surface area contributed by atoms with Crippen LogP contribution in [0.1, 0.15) is 28.8 Å². The molecule has 1 saturated carbocycles. The second kappa shape index (κ2) is 5.02. The molecule has 94 valence electrons. The van der Waals surface area contributed by atoms with Gasteiger partial charge in [-0.05, 0) is 35.3 Å². The maximum atomic E-state index is 6.19. The van der Waals surface area contributed by atoms with Crippen LogP contribution in [-0.4, -0.2) is 0 Å². The van der Waals surface area contributed by atoms with Gasteiger partial charge in [-0.1, -0.05) is 41.9 Å². The zero-order valence-electron chi connectivity index (χ0n) is 9.84. The van der Waals surface area contributed by atoms with Crippen LogP contribution in [0.25, 0.3) is 0 Å². The van der Waals surface area contributed by atoms with Gasteiger partial charge in [-0.15, -0.1) is 11.3 Å². The highest BCUT2D eigenvalue weighted by molar-refractivity contribution is 7.10. The van der Waals surface area contributed by atoms with E-state index in [-0.39, 0.29) is 6.04 Å². The van der Waals surface area contributed by atoms with E-state index in [1.807, 2.05) is 11.4 Å². The molecule has 3 N–H and O–H groups in total. The van der Waals surface area contributed by atoms with Crippen molar-refractivity contribution in [3.05, 3.63) is 57.2 Å². The molecule has 1 fully saturated rings. The fourth-order valence-corrected chi connectivity index (χ4v) is 3.90. The highest BCUT2D eigenvalue weighted by Crippen LogP contribution is 2.55. The molecule has 3 rings (SSSR count). The molecule has 3 atom stereocenters. The standard InChI is InChI=1S/C14H15ClN2S/c15-12-6-7-18-14(12)13(17-16)11-8-10(11)9-4-2-1-3-5-9/h1-7,10-11,13,17H,8,16H2. The van der Waals surface area contributed by atoms with Crippen molar-refractivity contribution in [2.24, 2.45) is 11.8 Å². The van der Waals surface area contributed by atoms with Crippen molar-refractivity contribution in [1.29, 1.82) is 0 Å². The van der Waals surface area contributed by atoms with E-state index in [0.29, 0.717) is 11.8 Å². The first kappa shape index (κ1) is 12.2. The number of nitrogens with one attached hydrogen (secondary N) is 1. The molecule has 18 heavy (non-hydrogen) atoms. The third-order valence-electron chi connectivity index (χ3n) is 3.60. The molecule has 0 saturated heterocycles. The summed E-state index contributed by atoms with van der Waals surface area (Å²) in [6, 6.07) is 12.7. The molecule has 1 aliphatic carbocycles. The van der Waals surface area contributed by atoms with Crippen LogP contribution in [0.5, 0.6) is 0 Å². The maximum absolute atomic E-state index is 6.19. The molecule has 0 spiro atoms. The molecule has 1 aliphatic rings. The quantitative estimate of drug-likeness (QED) is 0.661. The van der Waals surface area contributed by atoms with Gasteiger partial charge in [0.25, 0.3) is 0 Å². The monoisotopic (exact) mass is 278 g/mol. The largest absolute Gasteiger partial charge is 0.271 e. The van der Waals surface area contributed by atoms with Gasteiger partial charge >= 0.3 is 0 Å². The summed E-state index contributed by atoms with van der Waals surface area (Å²) >= 11 is 7.87. The highest BCUT2D eigenvalue weighted by atomic mass is 35.5. The fraction of sp³-hybridized carbons (Fsp3) is 0.286. The Morgan fingerprint density at radius 3 is 2.67 bits per heavy atom. The SMILES string of the molecule is NNC(c1sccc1Cl)C1CC1c1ccccc1. The van der Waals surface area contributed by atoms with Gasteiger partial charge in [0, 0.05) is 4.88 Å². The molecule has 0 radical (unpaired) electrons. The Morgan fingerprint density at radius 2 is 2.06 bits per heavy atom. The van der Waals surface area contributed by atoms with Crippen molar-refractivity contribution < 1.29 is 0 Å². The Morgan fingerprint density at radius 1 is 1.28 bits per heavy atom. The molecule has 2 nitrogen and oxygen atoms in total. The fourth-order valence-electron chi connectivity index (χ4n) is 2.59. The second-order valence-electron chi connectivity index (χ2n) is 4.69. The maximum Gasteiger partial charge on any atom is 0.0602 e. The first-order chi connectivity index (χ1) is 8.81. The zero-order chi connectivity index (χ0) is 12.5. The minimum Gasteiger partial charge on any atom is -0.271 e. The number of halogens is 1. The highest BCUT2D eigenvalue weighted by Gasteiger charge is 2.44. The third-order valence-corrected chi connectivity index (χ3v) is 5.04. The van der Waals surface area contributed by atoms with E-state index in [2.05, 4.69) is 35.8 Å². The van der Waals surface area contributed by atoms with E-state index < -0.39 is 0 Å². The first-order valence-corrected chi connectivity index (χ1v) is 7.31. The van der Waals surface area contributed by atoms with Crippen LogP contribution in [0, 0.1) is 5.92 Å². The summed E-state index contributed by atoms with van der Waals surface area (Å²) in [6.45, 7) is 0. The number of hydrogen-bond donors (Lipinski definition) is 2. The average molecular weight is 279 g/mol. The Bertz CT molecular complexity index is 526. The molecule has 0 bridgehead atoms. The van der Waals surface area contributed by atoms with Gasteiger partial charge in [-0.2, -0.15) is 0 Å². The lowest BCUT2D eigenvalue weighted by Crippen LogP contribution is -2.29. The molecule has 0 amide bonds. The summed E-state index contributed by atoms with van der Waals surface area (Å²) in [6.07, 6.45) is 1.17. The summed E-state index contributed by atoms with van der Waals surface area (Å²) in [5, 5.41) is 2.84. The van der Waals surface area contributed by atoms with Gasteiger partial charge in [-0.3, -0.25) is 11.3 Å². The Kier molecular flexibility index (Phi) is 3.39. The van der Waals surface area contributed by atoms with Gasteiger partial charge in [0.05, 0.1) is 11.1 Å². The number of hydrazine groups is 1. The van der Waals surface area contributed by atoms with E-state index in [9.17, 15) is 0 Å². The topological polar surface area (TPSA) is 38.0 Å². The lowest BCUT2D eigenvalue weighted by Gasteiger charge is -2.15. The molecule has 3 unspecified atom stereocenters. The minimum absolute atomic E-state index is 0.169. The van der Waals surface area contributed by atoms with Gasteiger partial charge in [0.2, 0.25) is 0 Å². The summed E-state index contributed by atoms with van der Waals surface area (Å²) in [5.74, 6) is 6.86. The van der Waals surface area contributed by atoms with Crippen molar-refractivity contribution in [1.82, 2.24) is 5.43 Å². The summed E-state index contributed by atoms with van der Waals surface area (Å²) < 4.78 is 0. The normalized spacial score (nSPS) is 23.9. The second-order valence-corrected chi connectivity index (χ2v) is 6.05. The number of thiophene rings is 1. The van der Waals surface area contributed by atoms with Gasteiger partial charge in [-0.25, -0.2) is 0 Å².